The zero-order valence-electron chi connectivity index (χ0n) is 22.3. The van der Waals surface area contributed by atoms with Crippen molar-refractivity contribution in [2.45, 2.75) is 77.7 Å². The molecule has 0 spiro atoms. The largest absolute Gasteiger partial charge is 0.481 e. The van der Waals surface area contributed by atoms with Crippen LogP contribution in [0.5, 0.6) is 0 Å². The summed E-state index contributed by atoms with van der Waals surface area (Å²) < 4.78 is 0. The van der Waals surface area contributed by atoms with E-state index in [4.69, 9.17) is 0 Å². The van der Waals surface area contributed by atoms with Crippen LogP contribution in [-0.2, 0) is 33.8 Å². The Labute approximate surface area is 224 Å². The van der Waals surface area contributed by atoms with Gasteiger partial charge in [-0.3, -0.25) is 14.4 Å². The smallest absolute Gasteiger partial charge is 0.307 e. The number of carbonyl (C=O) groups excluding carboxylic acids is 2. The number of nitrogens with zero attached hydrogens (tertiary/aromatic N) is 2. The lowest BCUT2D eigenvalue weighted by atomic mass is 9.83. The standard InChI is InChI=1S/C31H37N3O4/c1-19(2)26-14-15-28(35)34(33-26)18-20-10-12-22(13-11-20)29(21-6-3-4-7-21)30(36)32-27-9-5-8-23-16-24(31(37)38)17-25(23)27/h5,8-13,19,21,24,29H,3-4,6-7,14-18H2,1-2H3,(H,32,36)(H,37,38). The van der Waals surface area contributed by atoms with Crippen LogP contribution in [-0.4, -0.2) is 33.6 Å². The number of rotatable bonds is 8. The second-order valence-electron chi connectivity index (χ2n) is 11.3. The normalized spacial score (nSPS) is 20.4. The number of hydrazone groups is 1. The zero-order chi connectivity index (χ0) is 26.8. The molecule has 7 nitrogen and oxygen atoms in total. The first-order valence-electron chi connectivity index (χ1n) is 13.9. The van der Waals surface area contributed by atoms with Gasteiger partial charge < -0.3 is 10.4 Å². The van der Waals surface area contributed by atoms with Gasteiger partial charge in [-0.05, 0) is 72.3 Å². The second-order valence-corrected chi connectivity index (χ2v) is 11.3. The lowest BCUT2D eigenvalue weighted by Crippen LogP contribution is -2.32. The number of hydrogen-bond donors (Lipinski definition) is 2. The molecule has 1 saturated carbocycles. The van der Waals surface area contributed by atoms with Crippen molar-refractivity contribution in [1.29, 1.82) is 0 Å². The molecule has 0 aromatic heterocycles. The van der Waals surface area contributed by atoms with Gasteiger partial charge in [0.2, 0.25) is 11.8 Å². The molecule has 38 heavy (non-hydrogen) atoms. The van der Waals surface area contributed by atoms with Crippen molar-refractivity contribution in [2.75, 3.05) is 5.32 Å². The maximum absolute atomic E-state index is 13.8. The van der Waals surface area contributed by atoms with E-state index in [0.29, 0.717) is 31.7 Å². The third-order valence-corrected chi connectivity index (χ3v) is 8.42. The molecule has 1 aliphatic heterocycles. The molecule has 3 aliphatic rings. The van der Waals surface area contributed by atoms with Gasteiger partial charge in [0, 0.05) is 17.8 Å². The van der Waals surface area contributed by atoms with E-state index < -0.39 is 11.9 Å². The molecular weight excluding hydrogens is 478 g/mol. The summed E-state index contributed by atoms with van der Waals surface area (Å²) in [4.78, 5) is 37.8. The van der Waals surface area contributed by atoms with Crippen molar-refractivity contribution >= 4 is 29.2 Å². The van der Waals surface area contributed by atoms with Crippen LogP contribution < -0.4 is 5.32 Å². The molecule has 2 N–H and O–H groups in total. The Balaban J connectivity index is 1.34. The predicted octanol–water partition coefficient (Wildman–Crippen LogP) is 5.53. The minimum absolute atomic E-state index is 0.0331. The zero-order valence-corrected chi connectivity index (χ0v) is 22.3. The number of hydrogen-bond acceptors (Lipinski definition) is 4. The van der Waals surface area contributed by atoms with Crippen molar-refractivity contribution in [2.24, 2.45) is 22.9 Å². The molecule has 7 heteroatoms. The number of carboxylic acid groups (broad SMARTS) is 1. The summed E-state index contributed by atoms with van der Waals surface area (Å²) in [5.41, 5.74) is 5.71. The monoisotopic (exact) mass is 515 g/mol. The highest BCUT2D eigenvalue weighted by Gasteiger charge is 2.34. The molecule has 2 unspecified atom stereocenters. The van der Waals surface area contributed by atoms with Crippen LogP contribution in [0.15, 0.2) is 47.6 Å². The minimum atomic E-state index is -0.792. The molecule has 1 heterocycles. The average molecular weight is 516 g/mol. The fourth-order valence-corrected chi connectivity index (χ4v) is 6.24. The molecule has 2 amide bonds. The summed E-state index contributed by atoms with van der Waals surface area (Å²) in [5, 5.41) is 18.9. The van der Waals surface area contributed by atoms with Crippen LogP contribution >= 0.6 is 0 Å². The Morgan fingerprint density at radius 3 is 2.47 bits per heavy atom. The van der Waals surface area contributed by atoms with Crippen molar-refractivity contribution in [3.63, 3.8) is 0 Å². The Kier molecular flexibility index (Phi) is 7.63. The first-order valence-corrected chi connectivity index (χ1v) is 13.9. The molecule has 2 atom stereocenters. The summed E-state index contributed by atoms with van der Waals surface area (Å²) in [6, 6.07) is 13.8. The van der Waals surface area contributed by atoms with Gasteiger partial charge in [-0.2, -0.15) is 5.10 Å². The van der Waals surface area contributed by atoms with Crippen LogP contribution in [0.4, 0.5) is 5.69 Å². The summed E-state index contributed by atoms with van der Waals surface area (Å²) in [6.07, 6.45) is 6.46. The summed E-state index contributed by atoms with van der Waals surface area (Å²) in [6.45, 7) is 4.63. The summed E-state index contributed by atoms with van der Waals surface area (Å²) in [7, 11) is 0. The first kappa shape index (κ1) is 26.1. The summed E-state index contributed by atoms with van der Waals surface area (Å²) in [5.74, 6) is -0.905. The van der Waals surface area contributed by atoms with Crippen molar-refractivity contribution in [3.8, 4) is 0 Å². The first-order chi connectivity index (χ1) is 18.3. The predicted molar refractivity (Wildman–Crippen MR) is 147 cm³/mol. The van der Waals surface area contributed by atoms with Crippen LogP contribution in [0.2, 0.25) is 0 Å². The lowest BCUT2D eigenvalue weighted by molar-refractivity contribution is -0.141. The van der Waals surface area contributed by atoms with E-state index in [0.717, 1.165) is 65.8 Å². The average Bonchev–Trinajstić information content (AvgIpc) is 3.57. The number of benzene rings is 2. The van der Waals surface area contributed by atoms with Gasteiger partial charge in [0.25, 0.3) is 0 Å². The Bertz CT molecular complexity index is 1240. The number of carboxylic acids is 1. The van der Waals surface area contributed by atoms with E-state index in [2.05, 4.69) is 24.3 Å². The molecule has 200 valence electrons. The number of carbonyl (C=O) groups is 3. The van der Waals surface area contributed by atoms with Gasteiger partial charge in [0.05, 0.1) is 18.4 Å². The highest BCUT2D eigenvalue weighted by Crippen LogP contribution is 2.39. The van der Waals surface area contributed by atoms with Crippen molar-refractivity contribution < 1.29 is 19.5 Å². The van der Waals surface area contributed by atoms with Crippen molar-refractivity contribution in [3.05, 3.63) is 64.7 Å². The Hall–Kier alpha value is -3.48. The number of aliphatic carboxylic acids is 1. The molecule has 5 rings (SSSR count). The summed E-state index contributed by atoms with van der Waals surface area (Å²) >= 11 is 0. The van der Waals surface area contributed by atoms with Crippen LogP contribution in [0.3, 0.4) is 0 Å². The molecule has 1 fully saturated rings. The van der Waals surface area contributed by atoms with E-state index >= 15 is 0 Å². The second kappa shape index (κ2) is 11.1. The number of nitrogens with one attached hydrogen (secondary N) is 1. The Morgan fingerprint density at radius 1 is 1.05 bits per heavy atom. The highest BCUT2D eigenvalue weighted by atomic mass is 16.4. The van der Waals surface area contributed by atoms with E-state index in [-0.39, 0.29) is 23.7 Å². The van der Waals surface area contributed by atoms with E-state index in [9.17, 15) is 19.5 Å². The molecule has 2 aliphatic carbocycles. The Morgan fingerprint density at radius 2 is 1.79 bits per heavy atom. The molecular formula is C31H37N3O4. The molecule has 2 aromatic rings. The SMILES string of the molecule is CC(C)C1=NN(Cc2ccc(C(C(=O)Nc3cccc4c3CC(C(=O)O)C4)C3CCCC3)cc2)C(=O)CC1. The van der Waals surface area contributed by atoms with Crippen LogP contribution in [0, 0.1) is 17.8 Å². The van der Waals surface area contributed by atoms with Gasteiger partial charge in [0.15, 0.2) is 0 Å². The van der Waals surface area contributed by atoms with Crippen LogP contribution in [0.1, 0.15) is 80.5 Å². The number of anilines is 1. The van der Waals surface area contributed by atoms with E-state index in [1.54, 1.807) is 5.01 Å². The third kappa shape index (κ3) is 5.52. The number of fused-ring (bicyclic) bond motifs is 1. The topological polar surface area (TPSA) is 99.1 Å². The molecule has 2 aromatic carbocycles. The molecule has 0 bridgehead atoms. The van der Waals surface area contributed by atoms with Gasteiger partial charge in [-0.25, -0.2) is 5.01 Å². The minimum Gasteiger partial charge on any atom is -0.481 e. The van der Waals surface area contributed by atoms with Gasteiger partial charge in [-0.1, -0.05) is 63.1 Å². The lowest BCUT2D eigenvalue weighted by Gasteiger charge is -2.26. The van der Waals surface area contributed by atoms with E-state index in [1.807, 2.05) is 42.5 Å². The maximum Gasteiger partial charge on any atom is 0.307 e. The van der Waals surface area contributed by atoms with Crippen LogP contribution in [0.25, 0.3) is 0 Å². The highest BCUT2D eigenvalue weighted by molar-refractivity contribution is 5.97. The van der Waals surface area contributed by atoms with Gasteiger partial charge >= 0.3 is 5.97 Å². The fraction of sp³-hybridized carbons (Fsp3) is 0.484. The third-order valence-electron chi connectivity index (χ3n) is 8.42. The maximum atomic E-state index is 13.8. The van der Waals surface area contributed by atoms with Gasteiger partial charge in [-0.15, -0.1) is 0 Å². The molecule has 0 radical (unpaired) electrons. The van der Waals surface area contributed by atoms with E-state index in [1.165, 1.54) is 0 Å². The fourth-order valence-electron chi connectivity index (χ4n) is 6.24. The van der Waals surface area contributed by atoms with Gasteiger partial charge in [0.1, 0.15) is 0 Å². The van der Waals surface area contributed by atoms with Crippen molar-refractivity contribution in [1.82, 2.24) is 5.01 Å². The molecule has 0 saturated heterocycles. The number of amides is 2. The quantitative estimate of drug-likeness (QED) is 0.483.